The van der Waals surface area contributed by atoms with Gasteiger partial charge in [-0.25, -0.2) is 4.98 Å². The van der Waals surface area contributed by atoms with Crippen molar-refractivity contribution in [3.63, 3.8) is 0 Å². The summed E-state index contributed by atoms with van der Waals surface area (Å²) in [4.78, 5) is 4.05. The summed E-state index contributed by atoms with van der Waals surface area (Å²) in [6, 6.07) is 29.7. The van der Waals surface area contributed by atoms with Gasteiger partial charge in [0.1, 0.15) is 5.76 Å². The molecule has 1 aromatic heterocycles. The third kappa shape index (κ3) is 3.22. The zero-order valence-corrected chi connectivity index (χ0v) is 17.2. The summed E-state index contributed by atoms with van der Waals surface area (Å²) in [6.45, 7) is 0.393. The molecule has 0 aliphatic carbocycles. The van der Waals surface area contributed by atoms with Gasteiger partial charge in [0.2, 0.25) is 0 Å². The first-order chi connectivity index (χ1) is 15.9. The maximum atomic E-state index is 5.62. The lowest BCUT2D eigenvalue weighted by molar-refractivity contribution is 0.330. The van der Waals surface area contributed by atoms with Gasteiger partial charge >= 0.3 is 0 Å². The number of oxazole rings is 1. The Morgan fingerprint density at radius 2 is 1.34 bits per heavy atom. The van der Waals surface area contributed by atoms with E-state index in [0.717, 1.165) is 33.8 Å². The van der Waals surface area contributed by atoms with E-state index < -0.39 is 0 Å². The Kier molecular flexibility index (Phi) is 4.47. The summed E-state index contributed by atoms with van der Waals surface area (Å²) in [7, 11) is 0. The molecule has 1 aliphatic heterocycles. The summed E-state index contributed by atoms with van der Waals surface area (Å²) in [5.74, 6) is 1.58. The predicted octanol–water partition coefficient (Wildman–Crippen LogP) is 7.49. The maximum Gasteiger partial charge on any atom is 0.181 e. The molecule has 5 aromatic rings. The van der Waals surface area contributed by atoms with Crippen molar-refractivity contribution >= 4 is 16.5 Å². The Hall–Kier alpha value is -4.31. The number of aromatic nitrogens is 1. The first kappa shape index (κ1) is 18.5. The molecule has 0 atom stereocenters. The molecule has 4 nitrogen and oxygen atoms in total. The fraction of sp³-hybridized carbons (Fsp3) is 0.0357. The molecule has 0 saturated heterocycles. The first-order valence-corrected chi connectivity index (χ1v) is 10.5. The van der Waals surface area contributed by atoms with Crippen LogP contribution in [0.4, 0.5) is 0 Å². The van der Waals surface area contributed by atoms with Crippen molar-refractivity contribution in [2.75, 3.05) is 6.73 Å². The van der Waals surface area contributed by atoms with Crippen molar-refractivity contribution < 1.29 is 9.15 Å². The Morgan fingerprint density at radius 3 is 1.97 bits per heavy atom. The highest BCUT2D eigenvalue weighted by atomic mass is 16.5. The number of nitrogens with zero attached hydrogens (tertiary/aromatic N) is 2. The third-order valence-corrected chi connectivity index (χ3v) is 5.78. The number of rotatable bonds is 4. The summed E-state index contributed by atoms with van der Waals surface area (Å²) in [6.07, 6.45) is 4.99. The molecule has 0 N–H and O–H groups in total. The molecule has 4 aromatic carbocycles. The van der Waals surface area contributed by atoms with Crippen LogP contribution in [0.25, 0.3) is 55.4 Å². The van der Waals surface area contributed by atoms with Gasteiger partial charge in [-0.1, -0.05) is 72.8 Å². The second kappa shape index (κ2) is 7.75. The van der Waals surface area contributed by atoms with Crippen LogP contribution >= 0.6 is 0 Å². The Morgan fingerprint density at radius 1 is 0.688 bits per heavy atom. The van der Waals surface area contributed by atoms with Gasteiger partial charge in [0.05, 0.1) is 6.20 Å². The number of fused-ring (bicyclic) bond motifs is 1. The van der Waals surface area contributed by atoms with Crippen molar-refractivity contribution in [1.82, 2.24) is 4.98 Å². The molecule has 0 spiro atoms. The maximum absolute atomic E-state index is 5.62. The van der Waals surface area contributed by atoms with Crippen LogP contribution in [0.1, 0.15) is 5.56 Å². The van der Waals surface area contributed by atoms with E-state index in [9.17, 15) is 0 Å². The first-order valence-electron chi connectivity index (χ1n) is 10.5. The lowest BCUT2D eigenvalue weighted by atomic mass is 9.91. The van der Waals surface area contributed by atoms with E-state index in [0.29, 0.717) is 6.73 Å². The highest BCUT2D eigenvalue weighted by Gasteiger charge is 2.12. The van der Waals surface area contributed by atoms with Crippen molar-refractivity contribution in [3.8, 4) is 33.6 Å². The van der Waals surface area contributed by atoms with Gasteiger partial charge in [0, 0.05) is 17.9 Å². The highest BCUT2D eigenvalue weighted by molar-refractivity contribution is 6.05. The number of hydrogen-bond donors (Lipinski definition) is 0. The second-order valence-corrected chi connectivity index (χ2v) is 7.68. The largest absolute Gasteiger partial charge is 0.656 e. The molecule has 0 radical (unpaired) electrons. The van der Waals surface area contributed by atoms with Crippen molar-refractivity contribution in [2.24, 2.45) is 0 Å². The molecule has 4 heteroatoms. The van der Waals surface area contributed by atoms with Crippen LogP contribution in [0.2, 0.25) is 0 Å². The smallest absolute Gasteiger partial charge is 0.181 e. The van der Waals surface area contributed by atoms with E-state index in [4.69, 9.17) is 9.15 Å². The minimum Gasteiger partial charge on any atom is -0.656 e. The standard InChI is InChI=1S/C28H19N2O2/c1-2-10-26-24(20-6-4-8-22(14-20)28-16-30-18-32-28)12-11-23(25(26)9-1)19-5-3-7-21(13-19)27-15-29-17-31-27/h1-17H,18H2/q-1. The normalized spacial score (nSPS) is 12.9. The summed E-state index contributed by atoms with van der Waals surface area (Å²) < 4.78 is 11.1. The average molecular weight is 415 g/mol. The topological polar surface area (TPSA) is 49.4 Å². The molecule has 32 heavy (non-hydrogen) atoms. The van der Waals surface area contributed by atoms with E-state index in [1.54, 1.807) is 12.4 Å². The molecule has 6 rings (SSSR count). The van der Waals surface area contributed by atoms with E-state index in [-0.39, 0.29) is 0 Å². The fourth-order valence-electron chi connectivity index (χ4n) is 4.26. The predicted molar refractivity (Wildman–Crippen MR) is 128 cm³/mol. The minimum atomic E-state index is 0.393. The van der Waals surface area contributed by atoms with Gasteiger partial charge in [0.25, 0.3) is 0 Å². The van der Waals surface area contributed by atoms with Gasteiger partial charge in [-0.15, -0.1) is 6.20 Å². The van der Waals surface area contributed by atoms with E-state index >= 15 is 0 Å². The van der Waals surface area contributed by atoms with Gasteiger partial charge < -0.3 is 14.5 Å². The van der Waals surface area contributed by atoms with Crippen molar-refractivity contribution in [2.45, 2.75) is 0 Å². The molecule has 0 saturated carbocycles. The number of ether oxygens (including phenoxy) is 1. The van der Waals surface area contributed by atoms with Crippen LogP contribution in [-0.2, 0) is 4.74 Å². The van der Waals surface area contributed by atoms with E-state index in [1.165, 1.54) is 28.3 Å². The van der Waals surface area contributed by atoms with Crippen molar-refractivity contribution in [3.05, 3.63) is 115 Å². The minimum absolute atomic E-state index is 0.393. The van der Waals surface area contributed by atoms with Gasteiger partial charge in [0.15, 0.2) is 12.2 Å². The van der Waals surface area contributed by atoms with Crippen LogP contribution in [0.5, 0.6) is 0 Å². The Balaban J connectivity index is 1.48. The molecule has 0 bridgehead atoms. The molecule has 0 fully saturated rings. The Bertz CT molecular complexity index is 1450. The fourth-order valence-corrected chi connectivity index (χ4v) is 4.26. The lowest BCUT2D eigenvalue weighted by Crippen LogP contribution is -1.89. The van der Waals surface area contributed by atoms with Gasteiger partial charge in [-0.3, -0.25) is 0 Å². The Labute approximate surface area is 185 Å². The highest BCUT2D eigenvalue weighted by Crippen LogP contribution is 2.37. The molecular formula is C28H19N2O2-. The molecule has 1 aliphatic rings. The van der Waals surface area contributed by atoms with Gasteiger partial charge in [-0.2, -0.15) is 0 Å². The number of hydrogen-bond acceptors (Lipinski definition) is 3. The monoisotopic (exact) mass is 415 g/mol. The molecular weight excluding hydrogens is 396 g/mol. The summed E-state index contributed by atoms with van der Waals surface area (Å²) in [5, 5.41) is 6.58. The van der Waals surface area contributed by atoms with Crippen LogP contribution in [0, 0.1) is 0 Å². The van der Waals surface area contributed by atoms with Crippen LogP contribution in [0.3, 0.4) is 0 Å². The quantitative estimate of drug-likeness (QED) is 0.305. The lowest BCUT2D eigenvalue weighted by Gasteiger charge is -2.14. The zero-order chi connectivity index (χ0) is 21.3. The van der Waals surface area contributed by atoms with Crippen LogP contribution in [-0.4, -0.2) is 11.7 Å². The SMILES string of the molecule is C1=C(c2cccc(-c3ccc(-c4cccc(-c5cnco5)c4)c4ccccc34)c2)OC[N-]1. The molecule has 154 valence electrons. The summed E-state index contributed by atoms with van der Waals surface area (Å²) in [5.41, 5.74) is 6.71. The molecule has 0 amide bonds. The van der Waals surface area contributed by atoms with E-state index in [2.05, 4.69) is 89.2 Å². The second-order valence-electron chi connectivity index (χ2n) is 7.68. The zero-order valence-electron chi connectivity index (χ0n) is 17.2. The molecule has 2 heterocycles. The van der Waals surface area contributed by atoms with Crippen molar-refractivity contribution in [1.29, 1.82) is 0 Å². The van der Waals surface area contributed by atoms with Gasteiger partial charge in [-0.05, 0) is 45.2 Å². The van der Waals surface area contributed by atoms with Crippen LogP contribution in [0.15, 0.2) is 108 Å². The third-order valence-electron chi connectivity index (χ3n) is 5.78. The molecule has 0 unspecified atom stereocenters. The van der Waals surface area contributed by atoms with E-state index in [1.807, 2.05) is 6.07 Å². The average Bonchev–Trinajstić information content (AvgIpc) is 3.59. The van der Waals surface area contributed by atoms with Crippen LogP contribution < -0.4 is 0 Å². The number of benzene rings is 4. The summed E-state index contributed by atoms with van der Waals surface area (Å²) >= 11 is 0.